The van der Waals surface area contributed by atoms with Gasteiger partial charge in [0.15, 0.2) is 0 Å². The Kier molecular flexibility index (Phi) is 6.96. The predicted molar refractivity (Wildman–Crippen MR) is 142 cm³/mol. The number of carbonyl (C=O) groups excluding carboxylic acids is 2. The fraction of sp³-hybridized carbons (Fsp3) is 0.552. The Morgan fingerprint density at radius 2 is 1.59 bits per heavy atom. The molecule has 198 valence electrons. The lowest BCUT2D eigenvalue weighted by molar-refractivity contribution is -0.0448. The van der Waals surface area contributed by atoms with Crippen LogP contribution in [-0.2, 0) is 0 Å². The molecule has 6 rings (SSSR count). The maximum Gasteiger partial charge on any atom is 0.270 e. The highest BCUT2D eigenvalue weighted by Crippen LogP contribution is 2.57. The molecular weight excluding hydrogens is 469 g/mol. The van der Waals surface area contributed by atoms with Crippen molar-refractivity contribution in [2.24, 2.45) is 11.8 Å². The zero-order valence-corrected chi connectivity index (χ0v) is 22.1. The highest BCUT2D eigenvalue weighted by atomic mass is 19.1. The number of hydrogen-bond donors (Lipinski definition) is 2. The molecule has 1 aromatic carbocycles. The second-order valence-corrected chi connectivity index (χ2v) is 11.9. The van der Waals surface area contributed by atoms with Crippen molar-refractivity contribution in [3.63, 3.8) is 0 Å². The summed E-state index contributed by atoms with van der Waals surface area (Å²) in [5.41, 5.74) is 0.0316. The quantitative estimate of drug-likeness (QED) is 0.539. The summed E-state index contributed by atoms with van der Waals surface area (Å²) in [6.45, 7) is 1.85. The van der Waals surface area contributed by atoms with E-state index >= 15 is 0 Å². The average Bonchev–Trinajstić information content (AvgIpc) is 2.82. The van der Waals surface area contributed by atoms with Gasteiger partial charge in [-0.2, -0.15) is 0 Å². The van der Waals surface area contributed by atoms with Gasteiger partial charge in [-0.15, -0.1) is 0 Å². The highest BCUT2D eigenvalue weighted by Gasteiger charge is 2.58. The maximum absolute atomic E-state index is 13.7. The minimum atomic E-state index is -0.417. The first kappa shape index (κ1) is 25.6. The van der Waals surface area contributed by atoms with Crippen LogP contribution in [0, 0.1) is 17.7 Å². The minimum Gasteiger partial charge on any atom is -0.360 e. The fourth-order valence-corrected chi connectivity index (χ4v) is 7.30. The van der Waals surface area contributed by atoms with E-state index in [0.717, 1.165) is 57.4 Å². The second kappa shape index (κ2) is 10.0. The number of carbonyl (C=O) groups is 2. The van der Waals surface area contributed by atoms with Crippen molar-refractivity contribution in [2.45, 2.75) is 56.0 Å². The SMILES string of the molecule is CN(C)CCCN(C)c1cccc(C(=O)NC23CC4CC(CC(NC(=O)c5cccc(F)c5)(C4)C2)C3)n1. The molecule has 0 radical (unpaired) electrons. The van der Waals surface area contributed by atoms with E-state index in [1.54, 1.807) is 18.2 Å². The zero-order valence-electron chi connectivity index (χ0n) is 22.1. The molecule has 7 nitrogen and oxygen atoms in total. The van der Waals surface area contributed by atoms with Crippen LogP contribution >= 0.6 is 0 Å². The topological polar surface area (TPSA) is 77.6 Å². The molecule has 37 heavy (non-hydrogen) atoms. The van der Waals surface area contributed by atoms with Gasteiger partial charge in [0, 0.05) is 30.2 Å². The van der Waals surface area contributed by atoms with Crippen molar-refractivity contribution in [1.29, 1.82) is 0 Å². The van der Waals surface area contributed by atoms with Crippen LogP contribution in [0.3, 0.4) is 0 Å². The summed E-state index contributed by atoms with van der Waals surface area (Å²) in [6.07, 6.45) is 6.52. The molecule has 2 aromatic rings. The summed E-state index contributed by atoms with van der Waals surface area (Å²) in [5.74, 6) is 0.885. The van der Waals surface area contributed by atoms with Crippen LogP contribution in [0.1, 0.15) is 65.8 Å². The number of hydrogen-bond acceptors (Lipinski definition) is 5. The van der Waals surface area contributed by atoms with E-state index in [1.165, 1.54) is 12.1 Å². The van der Waals surface area contributed by atoms with Gasteiger partial charge in [0.05, 0.1) is 0 Å². The largest absolute Gasteiger partial charge is 0.360 e. The van der Waals surface area contributed by atoms with E-state index in [-0.39, 0.29) is 22.9 Å². The predicted octanol–water partition coefficient (Wildman–Crippen LogP) is 3.86. The molecule has 1 aromatic heterocycles. The number of amides is 2. The Morgan fingerprint density at radius 1 is 0.946 bits per heavy atom. The molecule has 4 fully saturated rings. The Labute approximate surface area is 218 Å². The molecular formula is C29H38FN5O2. The van der Waals surface area contributed by atoms with Crippen LogP contribution in [0.2, 0.25) is 0 Å². The van der Waals surface area contributed by atoms with E-state index in [0.29, 0.717) is 29.5 Å². The number of aromatic nitrogens is 1. The van der Waals surface area contributed by atoms with Gasteiger partial charge in [-0.05, 0) is 108 Å². The van der Waals surface area contributed by atoms with Crippen LogP contribution in [0.25, 0.3) is 0 Å². The third kappa shape index (κ3) is 5.64. The number of benzene rings is 1. The molecule has 1 heterocycles. The highest BCUT2D eigenvalue weighted by molar-refractivity contribution is 5.95. The third-order valence-corrected chi connectivity index (χ3v) is 8.36. The summed E-state index contributed by atoms with van der Waals surface area (Å²) >= 11 is 0. The molecule has 4 bridgehead atoms. The van der Waals surface area contributed by atoms with Gasteiger partial charge >= 0.3 is 0 Å². The van der Waals surface area contributed by atoms with Crippen LogP contribution in [-0.4, -0.2) is 67.0 Å². The molecule has 4 aliphatic rings. The van der Waals surface area contributed by atoms with Crippen molar-refractivity contribution >= 4 is 17.6 Å². The molecule has 0 aliphatic heterocycles. The summed E-state index contributed by atoms with van der Waals surface area (Å²) < 4.78 is 13.7. The van der Waals surface area contributed by atoms with Crippen molar-refractivity contribution in [2.75, 3.05) is 39.1 Å². The van der Waals surface area contributed by atoms with E-state index in [4.69, 9.17) is 0 Å². The van der Waals surface area contributed by atoms with E-state index < -0.39 is 5.82 Å². The lowest BCUT2D eigenvalue weighted by atomic mass is 9.49. The Hall–Kier alpha value is -3.00. The fourth-order valence-electron chi connectivity index (χ4n) is 7.30. The van der Waals surface area contributed by atoms with Gasteiger partial charge < -0.3 is 20.4 Å². The van der Waals surface area contributed by atoms with Crippen molar-refractivity contribution in [1.82, 2.24) is 20.5 Å². The van der Waals surface area contributed by atoms with Crippen LogP contribution in [0.15, 0.2) is 42.5 Å². The molecule has 8 heteroatoms. The monoisotopic (exact) mass is 507 g/mol. The van der Waals surface area contributed by atoms with E-state index in [2.05, 4.69) is 39.5 Å². The van der Waals surface area contributed by atoms with E-state index in [9.17, 15) is 14.0 Å². The Bertz CT molecular complexity index is 1150. The van der Waals surface area contributed by atoms with Crippen molar-refractivity contribution in [3.8, 4) is 0 Å². The molecule has 2 N–H and O–H groups in total. The first-order chi connectivity index (χ1) is 17.6. The molecule has 2 unspecified atom stereocenters. The van der Waals surface area contributed by atoms with Crippen LogP contribution < -0.4 is 15.5 Å². The molecule has 0 saturated heterocycles. The average molecular weight is 508 g/mol. The Balaban J connectivity index is 1.29. The molecule has 2 amide bonds. The minimum absolute atomic E-state index is 0.155. The first-order valence-electron chi connectivity index (χ1n) is 13.4. The van der Waals surface area contributed by atoms with Gasteiger partial charge in [-0.3, -0.25) is 9.59 Å². The molecule has 2 atom stereocenters. The molecule has 4 saturated carbocycles. The first-order valence-corrected chi connectivity index (χ1v) is 13.4. The van der Waals surface area contributed by atoms with Gasteiger partial charge in [0.2, 0.25) is 0 Å². The third-order valence-electron chi connectivity index (χ3n) is 8.36. The normalized spacial score (nSPS) is 27.8. The number of rotatable bonds is 9. The van der Waals surface area contributed by atoms with Gasteiger partial charge in [0.25, 0.3) is 11.8 Å². The van der Waals surface area contributed by atoms with Crippen molar-refractivity contribution < 1.29 is 14.0 Å². The van der Waals surface area contributed by atoms with Crippen molar-refractivity contribution in [3.05, 3.63) is 59.5 Å². The number of nitrogens with one attached hydrogen (secondary N) is 2. The summed E-state index contributed by atoms with van der Waals surface area (Å²) in [7, 11) is 6.12. The lowest BCUT2D eigenvalue weighted by Gasteiger charge is -2.62. The number of halogens is 1. The number of pyridine rings is 1. The maximum atomic E-state index is 13.7. The lowest BCUT2D eigenvalue weighted by Crippen LogP contribution is -2.69. The molecule has 4 aliphatic carbocycles. The summed E-state index contributed by atoms with van der Waals surface area (Å²) in [6, 6.07) is 11.4. The zero-order chi connectivity index (χ0) is 26.2. The van der Waals surface area contributed by atoms with Gasteiger partial charge in [-0.1, -0.05) is 12.1 Å². The summed E-state index contributed by atoms with van der Waals surface area (Å²) in [5, 5.41) is 6.65. The Morgan fingerprint density at radius 3 is 2.24 bits per heavy atom. The number of anilines is 1. The van der Waals surface area contributed by atoms with Crippen LogP contribution in [0.4, 0.5) is 10.2 Å². The molecule has 0 spiro atoms. The van der Waals surface area contributed by atoms with Gasteiger partial charge in [0.1, 0.15) is 17.3 Å². The number of nitrogens with zero attached hydrogens (tertiary/aromatic N) is 3. The smallest absolute Gasteiger partial charge is 0.270 e. The van der Waals surface area contributed by atoms with E-state index in [1.807, 2.05) is 19.2 Å². The van der Waals surface area contributed by atoms with Crippen LogP contribution in [0.5, 0.6) is 0 Å². The second-order valence-electron chi connectivity index (χ2n) is 11.9. The summed E-state index contributed by atoms with van der Waals surface area (Å²) in [4.78, 5) is 35.4. The standard InChI is InChI=1S/C29H38FN5O2/c1-34(2)11-6-12-35(3)25-10-5-9-24(31-25)27(37)33-29-17-20-13-21(18-29)16-28(15-20,19-29)32-26(36)22-7-4-8-23(30)14-22/h4-5,7-10,14,20-21H,6,11-13,15-19H2,1-3H3,(H,32,36)(H,33,37). The van der Waals surface area contributed by atoms with Gasteiger partial charge in [-0.25, -0.2) is 9.37 Å².